The van der Waals surface area contributed by atoms with Gasteiger partial charge in [-0.1, -0.05) is 11.6 Å². The molecule has 0 spiro atoms. The number of hydrogen-bond donors (Lipinski definition) is 1. The largest absolute Gasteiger partial charge is 0.321 e. The molecule has 0 aliphatic carbocycles. The van der Waals surface area contributed by atoms with Gasteiger partial charge >= 0.3 is 0 Å². The Balaban J connectivity index is 2.21. The van der Waals surface area contributed by atoms with Crippen molar-refractivity contribution in [1.29, 1.82) is 0 Å². The van der Waals surface area contributed by atoms with Crippen LogP contribution in [0, 0.1) is 6.92 Å². The van der Waals surface area contributed by atoms with Gasteiger partial charge in [-0.25, -0.2) is 0 Å². The summed E-state index contributed by atoms with van der Waals surface area (Å²) in [5.74, 6) is -0.208. The molecule has 0 unspecified atom stereocenters. The predicted molar refractivity (Wildman–Crippen MR) is 79.7 cm³/mol. The average molecular weight is 343 g/mol. The number of hydrogen-bond acceptors (Lipinski definition) is 2. The van der Waals surface area contributed by atoms with Crippen molar-refractivity contribution in [1.82, 2.24) is 9.78 Å². The highest BCUT2D eigenvalue weighted by atomic mass is 79.9. The molecule has 0 fully saturated rings. The first-order valence-electron chi connectivity index (χ1n) is 5.80. The van der Waals surface area contributed by atoms with Crippen molar-refractivity contribution in [2.24, 2.45) is 0 Å². The Labute approximate surface area is 124 Å². The molecule has 0 saturated carbocycles. The second-order valence-electron chi connectivity index (χ2n) is 4.12. The van der Waals surface area contributed by atoms with Crippen LogP contribution in [0.4, 0.5) is 5.69 Å². The van der Waals surface area contributed by atoms with E-state index in [-0.39, 0.29) is 5.91 Å². The number of nitrogens with zero attached hydrogens (tertiary/aromatic N) is 2. The second kappa shape index (κ2) is 5.75. The van der Waals surface area contributed by atoms with E-state index in [1.54, 1.807) is 23.1 Å². The third kappa shape index (κ3) is 3.16. The number of halogens is 2. The summed E-state index contributed by atoms with van der Waals surface area (Å²) in [6, 6.07) is 3.59. The standard InChI is InChI=1S/C13H13BrClN3O/c1-3-18-7-9(6-16-18)13(19)17-12-5-11(15)8(2)4-10(12)14/h4-7H,3H2,1-2H3,(H,17,19). The highest BCUT2D eigenvalue weighted by Crippen LogP contribution is 2.29. The Bertz CT molecular complexity index is 624. The molecule has 2 rings (SSSR count). The zero-order valence-electron chi connectivity index (χ0n) is 10.6. The van der Waals surface area contributed by atoms with E-state index in [1.807, 2.05) is 19.9 Å². The summed E-state index contributed by atoms with van der Waals surface area (Å²) in [5.41, 5.74) is 2.11. The Kier molecular flexibility index (Phi) is 4.27. The van der Waals surface area contributed by atoms with E-state index < -0.39 is 0 Å². The molecule has 0 radical (unpaired) electrons. The summed E-state index contributed by atoms with van der Waals surface area (Å²) < 4.78 is 2.50. The van der Waals surface area contributed by atoms with Crippen LogP contribution in [0.3, 0.4) is 0 Å². The number of nitrogens with one attached hydrogen (secondary N) is 1. The number of amides is 1. The molecule has 0 saturated heterocycles. The molecule has 6 heteroatoms. The molecule has 19 heavy (non-hydrogen) atoms. The monoisotopic (exact) mass is 341 g/mol. The Morgan fingerprint density at radius 2 is 2.26 bits per heavy atom. The SMILES string of the molecule is CCn1cc(C(=O)Nc2cc(Cl)c(C)cc2Br)cn1. The molecular weight excluding hydrogens is 330 g/mol. The van der Waals surface area contributed by atoms with Crippen molar-refractivity contribution < 1.29 is 4.79 Å². The lowest BCUT2D eigenvalue weighted by atomic mass is 10.2. The number of aromatic nitrogens is 2. The molecule has 0 bridgehead atoms. The third-order valence-corrected chi connectivity index (χ3v) is 3.78. The number of benzene rings is 1. The van der Waals surface area contributed by atoms with Gasteiger partial charge in [0.2, 0.25) is 0 Å². The lowest BCUT2D eigenvalue weighted by molar-refractivity contribution is 0.102. The highest BCUT2D eigenvalue weighted by Gasteiger charge is 2.11. The van der Waals surface area contributed by atoms with E-state index in [0.29, 0.717) is 16.3 Å². The van der Waals surface area contributed by atoms with Crippen LogP contribution < -0.4 is 5.32 Å². The fourth-order valence-corrected chi connectivity index (χ4v) is 2.31. The van der Waals surface area contributed by atoms with Gasteiger partial charge in [-0.3, -0.25) is 9.48 Å². The minimum Gasteiger partial charge on any atom is -0.321 e. The number of carbonyl (C=O) groups excluding carboxylic acids is 1. The van der Waals surface area contributed by atoms with Crippen LogP contribution in [-0.2, 0) is 6.54 Å². The summed E-state index contributed by atoms with van der Waals surface area (Å²) in [6.07, 6.45) is 3.25. The normalized spacial score (nSPS) is 10.5. The van der Waals surface area contributed by atoms with E-state index in [1.165, 1.54) is 0 Å². The Morgan fingerprint density at radius 1 is 1.53 bits per heavy atom. The zero-order chi connectivity index (χ0) is 14.0. The van der Waals surface area contributed by atoms with Gasteiger partial charge in [0.15, 0.2) is 0 Å². The zero-order valence-corrected chi connectivity index (χ0v) is 12.9. The summed E-state index contributed by atoms with van der Waals surface area (Å²) in [5, 5.41) is 7.49. The van der Waals surface area contributed by atoms with Gasteiger partial charge in [0.05, 0.1) is 17.4 Å². The van der Waals surface area contributed by atoms with Gasteiger partial charge in [0, 0.05) is 22.2 Å². The minimum absolute atomic E-state index is 0.208. The average Bonchev–Trinajstić information content (AvgIpc) is 2.84. The molecule has 1 heterocycles. The molecule has 1 aromatic heterocycles. The van der Waals surface area contributed by atoms with Gasteiger partial charge in [0.25, 0.3) is 5.91 Å². The van der Waals surface area contributed by atoms with Gasteiger partial charge < -0.3 is 5.32 Å². The first-order valence-corrected chi connectivity index (χ1v) is 6.97. The summed E-state index contributed by atoms with van der Waals surface area (Å²) >= 11 is 9.46. The van der Waals surface area contributed by atoms with Crippen LogP contribution in [0.1, 0.15) is 22.8 Å². The first kappa shape index (κ1) is 14.1. The van der Waals surface area contributed by atoms with Crippen molar-refractivity contribution in [2.75, 3.05) is 5.32 Å². The van der Waals surface area contributed by atoms with Crippen molar-refractivity contribution >= 4 is 39.1 Å². The van der Waals surface area contributed by atoms with Gasteiger partial charge in [0.1, 0.15) is 0 Å². The molecule has 4 nitrogen and oxygen atoms in total. The van der Waals surface area contributed by atoms with E-state index in [2.05, 4.69) is 26.3 Å². The van der Waals surface area contributed by atoms with E-state index in [0.717, 1.165) is 16.6 Å². The maximum absolute atomic E-state index is 12.1. The summed E-state index contributed by atoms with van der Waals surface area (Å²) in [6.45, 7) is 4.60. The van der Waals surface area contributed by atoms with Crippen LogP contribution in [-0.4, -0.2) is 15.7 Å². The van der Waals surface area contributed by atoms with Crippen LogP contribution >= 0.6 is 27.5 Å². The molecule has 1 N–H and O–H groups in total. The molecule has 1 aromatic carbocycles. The lowest BCUT2D eigenvalue weighted by Gasteiger charge is -2.08. The number of rotatable bonds is 3. The van der Waals surface area contributed by atoms with Crippen LogP contribution in [0.5, 0.6) is 0 Å². The molecule has 1 amide bonds. The summed E-state index contributed by atoms with van der Waals surface area (Å²) in [4.78, 5) is 12.1. The quantitative estimate of drug-likeness (QED) is 0.920. The van der Waals surface area contributed by atoms with Gasteiger partial charge in [-0.15, -0.1) is 0 Å². The topological polar surface area (TPSA) is 46.9 Å². The van der Waals surface area contributed by atoms with E-state index >= 15 is 0 Å². The van der Waals surface area contributed by atoms with Crippen LogP contribution in [0.25, 0.3) is 0 Å². The highest BCUT2D eigenvalue weighted by molar-refractivity contribution is 9.10. The minimum atomic E-state index is -0.208. The fraction of sp³-hybridized carbons (Fsp3) is 0.231. The molecule has 0 aliphatic heterocycles. The van der Waals surface area contributed by atoms with Gasteiger partial charge in [-0.05, 0) is 47.5 Å². The molecule has 0 aliphatic rings. The number of aryl methyl sites for hydroxylation is 2. The Morgan fingerprint density at radius 3 is 2.89 bits per heavy atom. The maximum Gasteiger partial charge on any atom is 0.258 e. The van der Waals surface area contributed by atoms with Crippen molar-refractivity contribution in [3.8, 4) is 0 Å². The molecule has 0 atom stereocenters. The number of anilines is 1. The molecular formula is C13H13BrClN3O. The predicted octanol–water partition coefficient (Wildman–Crippen LogP) is 3.88. The smallest absolute Gasteiger partial charge is 0.258 e. The number of carbonyl (C=O) groups is 1. The third-order valence-electron chi connectivity index (χ3n) is 2.72. The van der Waals surface area contributed by atoms with Crippen molar-refractivity contribution in [2.45, 2.75) is 20.4 Å². The first-order chi connectivity index (χ1) is 9.01. The van der Waals surface area contributed by atoms with E-state index in [9.17, 15) is 4.79 Å². The maximum atomic E-state index is 12.1. The molecule has 2 aromatic rings. The van der Waals surface area contributed by atoms with Gasteiger partial charge in [-0.2, -0.15) is 5.10 Å². The van der Waals surface area contributed by atoms with Crippen molar-refractivity contribution in [3.63, 3.8) is 0 Å². The summed E-state index contributed by atoms with van der Waals surface area (Å²) in [7, 11) is 0. The van der Waals surface area contributed by atoms with Crippen molar-refractivity contribution in [3.05, 3.63) is 45.1 Å². The molecule has 100 valence electrons. The fourth-order valence-electron chi connectivity index (χ4n) is 1.59. The lowest BCUT2D eigenvalue weighted by Crippen LogP contribution is -2.11. The van der Waals surface area contributed by atoms with Crippen LogP contribution in [0.15, 0.2) is 29.0 Å². The van der Waals surface area contributed by atoms with E-state index in [4.69, 9.17) is 11.6 Å². The van der Waals surface area contributed by atoms with Crippen LogP contribution in [0.2, 0.25) is 5.02 Å². The Hall–Kier alpha value is -1.33. The second-order valence-corrected chi connectivity index (χ2v) is 5.38.